The summed E-state index contributed by atoms with van der Waals surface area (Å²) in [6.07, 6.45) is 0.956. The molecule has 0 fully saturated rings. The van der Waals surface area contributed by atoms with E-state index in [0.717, 1.165) is 11.3 Å². The highest BCUT2D eigenvalue weighted by molar-refractivity contribution is 6.44. The second-order valence-corrected chi connectivity index (χ2v) is 5.86. The van der Waals surface area contributed by atoms with E-state index in [1.807, 2.05) is 24.3 Å². The standard InChI is InChI=1S/C16H14Cl3NO2/c1-22-11-5-2-10(3-6-11)4-7-16(21)20-15-9-13(18)12(17)8-14(15)19/h2-3,5-6,8-9H,4,7H2,1H3,(H,20,21). The third-order valence-electron chi connectivity index (χ3n) is 3.08. The van der Waals surface area contributed by atoms with E-state index in [0.29, 0.717) is 33.6 Å². The first-order valence-corrected chi connectivity index (χ1v) is 7.70. The number of benzene rings is 2. The molecule has 0 saturated heterocycles. The largest absolute Gasteiger partial charge is 0.497 e. The fourth-order valence-electron chi connectivity index (χ4n) is 1.88. The number of aryl methyl sites for hydroxylation is 1. The Bertz CT molecular complexity index is 672. The molecule has 6 heteroatoms. The van der Waals surface area contributed by atoms with Crippen LogP contribution in [0, 0.1) is 0 Å². The molecule has 0 aromatic heterocycles. The number of carbonyl (C=O) groups excluding carboxylic acids is 1. The van der Waals surface area contributed by atoms with Gasteiger partial charge in [0.1, 0.15) is 5.75 Å². The molecule has 0 aliphatic carbocycles. The number of anilines is 1. The van der Waals surface area contributed by atoms with E-state index in [1.54, 1.807) is 7.11 Å². The molecule has 2 rings (SSSR count). The van der Waals surface area contributed by atoms with Gasteiger partial charge in [-0.05, 0) is 36.2 Å². The average Bonchev–Trinajstić information content (AvgIpc) is 2.51. The first-order valence-electron chi connectivity index (χ1n) is 6.57. The summed E-state index contributed by atoms with van der Waals surface area (Å²) in [5.74, 6) is 0.645. The van der Waals surface area contributed by atoms with E-state index in [4.69, 9.17) is 39.5 Å². The van der Waals surface area contributed by atoms with Crippen molar-refractivity contribution in [2.24, 2.45) is 0 Å². The Kier molecular flexibility index (Phi) is 5.95. The van der Waals surface area contributed by atoms with Gasteiger partial charge in [0.25, 0.3) is 0 Å². The molecule has 22 heavy (non-hydrogen) atoms. The van der Waals surface area contributed by atoms with Crippen LogP contribution in [0.5, 0.6) is 5.75 Å². The van der Waals surface area contributed by atoms with Gasteiger partial charge in [0.15, 0.2) is 0 Å². The molecule has 0 aliphatic heterocycles. The number of amides is 1. The molecule has 0 bridgehead atoms. The maximum atomic E-state index is 12.0. The van der Waals surface area contributed by atoms with Gasteiger partial charge in [0.2, 0.25) is 5.91 Å². The molecule has 3 nitrogen and oxygen atoms in total. The van der Waals surface area contributed by atoms with Gasteiger partial charge in [-0.25, -0.2) is 0 Å². The number of rotatable bonds is 5. The van der Waals surface area contributed by atoms with Crippen LogP contribution in [-0.2, 0) is 11.2 Å². The molecule has 1 amide bonds. The molecule has 0 radical (unpaired) electrons. The number of methoxy groups -OCH3 is 1. The lowest BCUT2D eigenvalue weighted by Gasteiger charge is -2.09. The smallest absolute Gasteiger partial charge is 0.224 e. The van der Waals surface area contributed by atoms with Gasteiger partial charge in [-0.3, -0.25) is 4.79 Å². The van der Waals surface area contributed by atoms with Crippen molar-refractivity contribution in [1.29, 1.82) is 0 Å². The van der Waals surface area contributed by atoms with Crippen LogP contribution in [0.2, 0.25) is 15.1 Å². The maximum Gasteiger partial charge on any atom is 0.224 e. The Morgan fingerprint density at radius 2 is 1.68 bits per heavy atom. The van der Waals surface area contributed by atoms with Crippen LogP contribution in [0.3, 0.4) is 0 Å². The van der Waals surface area contributed by atoms with Crippen LogP contribution in [0.25, 0.3) is 0 Å². The molecule has 0 atom stereocenters. The Morgan fingerprint density at radius 1 is 1.05 bits per heavy atom. The number of hydrogen-bond donors (Lipinski definition) is 1. The molecular weight excluding hydrogens is 345 g/mol. The van der Waals surface area contributed by atoms with E-state index in [2.05, 4.69) is 5.32 Å². The van der Waals surface area contributed by atoms with Gasteiger partial charge in [0, 0.05) is 6.42 Å². The highest BCUT2D eigenvalue weighted by Crippen LogP contribution is 2.32. The van der Waals surface area contributed by atoms with E-state index in [1.165, 1.54) is 12.1 Å². The summed E-state index contributed by atoms with van der Waals surface area (Å²) in [6, 6.07) is 10.6. The minimum absolute atomic E-state index is 0.142. The van der Waals surface area contributed by atoms with E-state index in [9.17, 15) is 4.79 Å². The number of halogens is 3. The molecule has 2 aromatic carbocycles. The maximum absolute atomic E-state index is 12.0. The fourth-order valence-corrected chi connectivity index (χ4v) is 2.48. The molecule has 0 heterocycles. The first-order chi connectivity index (χ1) is 10.5. The Morgan fingerprint density at radius 3 is 2.32 bits per heavy atom. The summed E-state index contributed by atoms with van der Waals surface area (Å²) in [5, 5.41) is 3.78. The van der Waals surface area contributed by atoms with Crippen LogP contribution in [0.1, 0.15) is 12.0 Å². The van der Waals surface area contributed by atoms with Crippen molar-refractivity contribution in [2.45, 2.75) is 12.8 Å². The van der Waals surface area contributed by atoms with Gasteiger partial charge in [-0.1, -0.05) is 46.9 Å². The van der Waals surface area contributed by atoms with Crippen LogP contribution in [0.15, 0.2) is 36.4 Å². The summed E-state index contributed by atoms with van der Waals surface area (Å²) >= 11 is 17.8. The molecule has 0 unspecified atom stereocenters. The third-order valence-corrected chi connectivity index (χ3v) is 4.12. The number of ether oxygens (including phenoxy) is 1. The zero-order chi connectivity index (χ0) is 16.1. The monoisotopic (exact) mass is 357 g/mol. The Hall–Kier alpha value is -1.42. The molecule has 116 valence electrons. The van der Waals surface area contributed by atoms with E-state index >= 15 is 0 Å². The van der Waals surface area contributed by atoms with Crippen LogP contribution < -0.4 is 10.1 Å². The van der Waals surface area contributed by atoms with Crippen molar-refractivity contribution in [1.82, 2.24) is 0 Å². The molecule has 1 N–H and O–H groups in total. The second kappa shape index (κ2) is 7.73. The van der Waals surface area contributed by atoms with Crippen molar-refractivity contribution < 1.29 is 9.53 Å². The van der Waals surface area contributed by atoms with Crippen LogP contribution in [0.4, 0.5) is 5.69 Å². The lowest BCUT2D eigenvalue weighted by molar-refractivity contribution is -0.116. The summed E-state index contributed by atoms with van der Waals surface area (Å²) in [7, 11) is 1.61. The molecule has 0 spiro atoms. The quantitative estimate of drug-likeness (QED) is 0.743. The zero-order valence-electron chi connectivity index (χ0n) is 11.8. The molecule has 0 aliphatic rings. The zero-order valence-corrected chi connectivity index (χ0v) is 14.1. The second-order valence-electron chi connectivity index (χ2n) is 4.64. The summed E-state index contributed by atoms with van der Waals surface area (Å²) in [4.78, 5) is 12.0. The third kappa shape index (κ3) is 4.54. The topological polar surface area (TPSA) is 38.3 Å². The molecule has 0 saturated carbocycles. The van der Waals surface area contributed by atoms with Crippen molar-refractivity contribution in [2.75, 3.05) is 12.4 Å². The predicted molar refractivity (Wildman–Crippen MR) is 91.4 cm³/mol. The summed E-state index contributed by atoms with van der Waals surface area (Å²) in [5.41, 5.74) is 1.51. The highest BCUT2D eigenvalue weighted by Gasteiger charge is 2.09. The lowest BCUT2D eigenvalue weighted by Crippen LogP contribution is -2.12. The summed E-state index contributed by atoms with van der Waals surface area (Å²) in [6.45, 7) is 0. The van der Waals surface area contributed by atoms with Gasteiger partial charge in [-0.15, -0.1) is 0 Å². The average molecular weight is 359 g/mol. The lowest BCUT2D eigenvalue weighted by atomic mass is 10.1. The Labute approximate surface area is 144 Å². The number of carbonyl (C=O) groups is 1. The minimum atomic E-state index is -0.142. The van der Waals surface area contributed by atoms with E-state index in [-0.39, 0.29) is 5.91 Å². The van der Waals surface area contributed by atoms with Gasteiger partial charge in [0.05, 0.1) is 27.9 Å². The van der Waals surface area contributed by atoms with Crippen molar-refractivity contribution >= 4 is 46.4 Å². The van der Waals surface area contributed by atoms with Gasteiger partial charge >= 0.3 is 0 Å². The fraction of sp³-hybridized carbons (Fsp3) is 0.188. The Balaban J connectivity index is 1.94. The minimum Gasteiger partial charge on any atom is -0.497 e. The van der Waals surface area contributed by atoms with Gasteiger partial charge < -0.3 is 10.1 Å². The normalized spacial score (nSPS) is 10.4. The van der Waals surface area contributed by atoms with Crippen molar-refractivity contribution in [3.05, 3.63) is 57.0 Å². The van der Waals surface area contributed by atoms with E-state index < -0.39 is 0 Å². The van der Waals surface area contributed by atoms with Gasteiger partial charge in [-0.2, -0.15) is 0 Å². The number of hydrogen-bond acceptors (Lipinski definition) is 2. The van der Waals surface area contributed by atoms with Crippen LogP contribution >= 0.6 is 34.8 Å². The van der Waals surface area contributed by atoms with Crippen molar-refractivity contribution in [3.63, 3.8) is 0 Å². The summed E-state index contributed by atoms with van der Waals surface area (Å²) < 4.78 is 5.09. The van der Waals surface area contributed by atoms with Crippen molar-refractivity contribution in [3.8, 4) is 5.75 Å². The van der Waals surface area contributed by atoms with Crippen LogP contribution in [-0.4, -0.2) is 13.0 Å². The molecular formula is C16H14Cl3NO2. The predicted octanol–water partition coefficient (Wildman–Crippen LogP) is 5.23. The SMILES string of the molecule is COc1ccc(CCC(=O)Nc2cc(Cl)c(Cl)cc2Cl)cc1. The number of nitrogens with one attached hydrogen (secondary N) is 1. The molecule has 2 aromatic rings. The first kappa shape index (κ1) is 16.9. The highest BCUT2D eigenvalue weighted by atomic mass is 35.5.